The van der Waals surface area contributed by atoms with Crippen LogP contribution < -0.4 is 25.8 Å². The molecule has 0 aromatic heterocycles. The minimum atomic E-state index is 0.00652. The van der Waals surface area contributed by atoms with Crippen LogP contribution in [0.4, 0.5) is 0 Å². The topological polar surface area (TPSA) is 98.0 Å². The van der Waals surface area contributed by atoms with Gasteiger partial charge in [-0.25, -0.2) is 4.99 Å². The number of rotatable bonds is 9. The number of nitrogens with zero attached hydrogens (tertiary/aromatic N) is 1. The molecule has 1 rings (SSSR count). The lowest BCUT2D eigenvalue weighted by atomic mass is 10.2. The molecular weight excluding hydrogens is 296 g/mol. The Morgan fingerprint density at radius 2 is 1.91 bits per heavy atom. The van der Waals surface area contributed by atoms with E-state index >= 15 is 0 Å². The molecule has 0 saturated carbocycles. The number of aliphatic imine (C=N–C) groups is 1. The minimum absolute atomic E-state index is 0.00652. The Kier molecular flexibility index (Phi) is 8.34. The van der Waals surface area contributed by atoms with Crippen LogP contribution in [0.2, 0.25) is 0 Å². The zero-order valence-corrected chi connectivity index (χ0v) is 14.0. The van der Waals surface area contributed by atoms with Gasteiger partial charge in [-0.3, -0.25) is 4.79 Å². The number of carbonyl (C=O) groups is 1. The predicted octanol–water partition coefficient (Wildman–Crippen LogP) is 1.02. The number of amides is 1. The smallest absolute Gasteiger partial charge is 0.221 e. The lowest BCUT2D eigenvalue weighted by Crippen LogP contribution is -2.35. The van der Waals surface area contributed by atoms with Crippen LogP contribution >= 0.6 is 0 Å². The lowest BCUT2D eigenvalue weighted by Gasteiger charge is -2.09. The van der Waals surface area contributed by atoms with Gasteiger partial charge in [0.25, 0.3) is 0 Å². The van der Waals surface area contributed by atoms with E-state index in [1.165, 1.54) is 0 Å². The number of nitrogens with two attached hydrogens (primary N) is 1. The van der Waals surface area contributed by atoms with Crippen molar-refractivity contribution in [1.82, 2.24) is 10.6 Å². The van der Waals surface area contributed by atoms with Crippen LogP contribution in [0.1, 0.15) is 25.3 Å². The average Bonchev–Trinajstić information content (AvgIpc) is 2.57. The number of guanidine groups is 1. The molecule has 0 radical (unpaired) electrons. The molecule has 0 aliphatic heterocycles. The van der Waals surface area contributed by atoms with Gasteiger partial charge in [-0.15, -0.1) is 0 Å². The van der Waals surface area contributed by atoms with Crippen LogP contribution in [0.3, 0.4) is 0 Å². The zero-order valence-electron chi connectivity index (χ0n) is 14.0. The van der Waals surface area contributed by atoms with Crippen molar-refractivity contribution >= 4 is 11.9 Å². The highest BCUT2D eigenvalue weighted by Crippen LogP contribution is 2.27. The van der Waals surface area contributed by atoms with Crippen LogP contribution in [-0.2, 0) is 11.3 Å². The van der Waals surface area contributed by atoms with E-state index in [1.807, 2.05) is 25.1 Å². The summed E-state index contributed by atoms with van der Waals surface area (Å²) in [5, 5.41) is 5.72. The molecule has 0 aliphatic carbocycles. The standard InChI is InChI=1S/C16H26N4O3/c1-4-8-18-15(21)7-9-19-16(17)20-11-12-5-6-13(22-2)14(10-12)23-3/h5-6,10H,4,7-9,11H2,1-3H3,(H,18,21)(H3,17,19,20). The number of benzene rings is 1. The summed E-state index contributed by atoms with van der Waals surface area (Å²) in [4.78, 5) is 15.7. The molecule has 7 nitrogen and oxygen atoms in total. The molecule has 7 heteroatoms. The SMILES string of the molecule is CCCNC(=O)CCNC(N)=NCc1ccc(OC)c(OC)c1. The number of ether oxygens (including phenoxy) is 2. The van der Waals surface area contributed by atoms with E-state index in [4.69, 9.17) is 15.2 Å². The molecule has 1 aromatic rings. The number of hydrogen-bond donors (Lipinski definition) is 3. The first kappa shape index (κ1) is 18.6. The molecule has 23 heavy (non-hydrogen) atoms. The second-order valence-electron chi connectivity index (χ2n) is 4.92. The molecule has 0 saturated heterocycles. The summed E-state index contributed by atoms with van der Waals surface area (Å²) in [5.41, 5.74) is 6.74. The van der Waals surface area contributed by atoms with Crippen LogP contribution in [0.5, 0.6) is 11.5 Å². The Hall–Kier alpha value is -2.44. The van der Waals surface area contributed by atoms with Gasteiger partial charge in [0.2, 0.25) is 5.91 Å². The van der Waals surface area contributed by atoms with E-state index in [2.05, 4.69) is 15.6 Å². The molecule has 1 amide bonds. The van der Waals surface area contributed by atoms with E-state index in [-0.39, 0.29) is 5.91 Å². The Balaban J connectivity index is 2.43. The van der Waals surface area contributed by atoms with E-state index < -0.39 is 0 Å². The summed E-state index contributed by atoms with van der Waals surface area (Å²) in [5.74, 6) is 1.64. The quantitative estimate of drug-likeness (QED) is 0.466. The first-order valence-corrected chi connectivity index (χ1v) is 7.62. The highest BCUT2D eigenvalue weighted by atomic mass is 16.5. The van der Waals surface area contributed by atoms with Gasteiger partial charge in [0.1, 0.15) is 0 Å². The fraction of sp³-hybridized carbons (Fsp3) is 0.500. The van der Waals surface area contributed by atoms with E-state index in [9.17, 15) is 4.79 Å². The summed E-state index contributed by atoms with van der Waals surface area (Å²) < 4.78 is 10.4. The predicted molar refractivity (Wildman–Crippen MR) is 90.8 cm³/mol. The van der Waals surface area contributed by atoms with Gasteiger partial charge in [0, 0.05) is 19.5 Å². The fourth-order valence-electron chi connectivity index (χ4n) is 1.87. The van der Waals surface area contributed by atoms with Gasteiger partial charge in [-0.05, 0) is 24.1 Å². The third kappa shape index (κ3) is 6.90. The molecular formula is C16H26N4O3. The Labute approximate surface area is 137 Å². The highest BCUT2D eigenvalue weighted by molar-refractivity contribution is 5.80. The first-order chi connectivity index (χ1) is 11.1. The van der Waals surface area contributed by atoms with Crippen molar-refractivity contribution in [3.8, 4) is 11.5 Å². The molecule has 0 fully saturated rings. The number of carbonyl (C=O) groups excluding carboxylic acids is 1. The lowest BCUT2D eigenvalue weighted by molar-refractivity contribution is -0.120. The van der Waals surface area contributed by atoms with Crippen molar-refractivity contribution in [2.24, 2.45) is 10.7 Å². The highest BCUT2D eigenvalue weighted by Gasteiger charge is 2.04. The summed E-state index contributed by atoms with van der Waals surface area (Å²) in [7, 11) is 3.18. The summed E-state index contributed by atoms with van der Waals surface area (Å²) in [6.45, 7) is 3.58. The number of hydrogen-bond acceptors (Lipinski definition) is 4. The van der Waals surface area contributed by atoms with Crippen molar-refractivity contribution in [2.45, 2.75) is 26.3 Å². The minimum Gasteiger partial charge on any atom is -0.493 e. The molecule has 1 aromatic carbocycles. The Morgan fingerprint density at radius 3 is 2.57 bits per heavy atom. The summed E-state index contributed by atoms with van der Waals surface area (Å²) in [6, 6.07) is 5.58. The van der Waals surface area contributed by atoms with E-state index in [0.717, 1.165) is 12.0 Å². The third-order valence-electron chi connectivity index (χ3n) is 3.11. The van der Waals surface area contributed by atoms with E-state index in [1.54, 1.807) is 14.2 Å². The van der Waals surface area contributed by atoms with Crippen molar-refractivity contribution < 1.29 is 14.3 Å². The molecule has 0 unspecified atom stereocenters. The maximum atomic E-state index is 11.4. The largest absolute Gasteiger partial charge is 0.493 e. The molecule has 0 aliphatic rings. The zero-order chi connectivity index (χ0) is 17.1. The van der Waals surface area contributed by atoms with Crippen molar-refractivity contribution in [3.05, 3.63) is 23.8 Å². The van der Waals surface area contributed by atoms with Gasteiger partial charge >= 0.3 is 0 Å². The number of methoxy groups -OCH3 is 2. The second kappa shape index (κ2) is 10.3. The average molecular weight is 322 g/mol. The van der Waals surface area contributed by atoms with Crippen molar-refractivity contribution in [3.63, 3.8) is 0 Å². The van der Waals surface area contributed by atoms with Gasteiger partial charge < -0.3 is 25.8 Å². The third-order valence-corrected chi connectivity index (χ3v) is 3.11. The summed E-state index contributed by atoms with van der Waals surface area (Å²) in [6.07, 6.45) is 1.29. The van der Waals surface area contributed by atoms with Crippen molar-refractivity contribution in [1.29, 1.82) is 0 Å². The summed E-state index contributed by atoms with van der Waals surface area (Å²) >= 11 is 0. The molecule has 128 valence electrons. The molecule has 0 spiro atoms. The second-order valence-corrected chi connectivity index (χ2v) is 4.92. The Bertz CT molecular complexity index is 532. The Morgan fingerprint density at radius 1 is 1.17 bits per heavy atom. The van der Waals surface area contributed by atoms with E-state index in [0.29, 0.717) is 43.5 Å². The van der Waals surface area contributed by atoms with Crippen molar-refractivity contribution in [2.75, 3.05) is 27.3 Å². The molecule has 0 atom stereocenters. The first-order valence-electron chi connectivity index (χ1n) is 7.62. The molecule has 0 heterocycles. The van der Waals surface area contributed by atoms with Crippen LogP contribution in [0.15, 0.2) is 23.2 Å². The number of nitrogens with one attached hydrogen (secondary N) is 2. The van der Waals surface area contributed by atoms with Gasteiger partial charge in [0.05, 0.1) is 20.8 Å². The van der Waals surface area contributed by atoms with Crippen LogP contribution in [0, 0.1) is 0 Å². The van der Waals surface area contributed by atoms with Crippen LogP contribution in [-0.4, -0.2) is 39.2 Å². The van der Waals surface area contributed by atoms with Gasteiger partial charge in [-0.1, -0.05) is 13.0 Å². The normalized spacial score (nSPS) is 11.0. The van der Waals surface area contributed by atoms with Gasteiger partial charge in [0.15, 0.2) is 17.5 Å². The molecule has 0 bridgehead atoms. The van der Waals surface area contributed by atoms with Crippen LogP contribution in [0.25, 0.3) is 0 Å². The maximum absolute atomic E-state index is 11.4. The van der Waals surface area contributed by atoms with Gasteiger partial charge in [-0.2, -0.15) is 0 Å². The maximum Gasteiger partial charge on any atom is 0.221 e. The monoisotopic (exact) mass is 322 g/mol. The fourth-order valence-corrected chi connectivity index (χ4v) is 1.87. The molecule has 4 N–H and O–H groups in total.